The predicted molar refractivity (Wildman–Crippen MR) is 91.4 cm³/mol. The van der Waals surface area contributed by atoms with E-state index in [9.17, 15) is 13.2 Å². The van der Waals surface area contributed by atoms with Gasteiger partial charge in [0.2, 0.25) is 10.0 Å². The Kier molecular flexibility index (Phi) is 4.92. The van der Waals surface area contributed by atoms with Gasteiger partial charge in [-0.3, -0.25) is 9.78 Å². The summed E-state index contributed by atoms with van der Waals surface area (Å²) in [6.07, 6.45) is 4.22. The molecule has 0 aliphatic rings. The summed E-state index contributed by atoms with van der Waals surface area (Å²) < 4.78 is 31.8. The number of benzene rings is 1. The zero-order valence-corrected chi connectivity index (χ0v) is 13.9. The summed E-state index contributed by atoms with van der Waals surface area (Å²) in [5.41, 5.74) is 1.34. The minimum absolute atomic E-state index is 0.109. The van der Waals surface area contributed by atoms with E-state index in [1.54, 1.807) is 42.5 Å². The van der Waals surface area contributed by atoms with E-state index < -0.39 is 10.0 Å². The van der Waals surface area contributed by atoms with Crippen LogP contribution in [0.25, 0.3) is 0 Å². The molecule has 2 heterocycles. The Morgan fingerprint density at radius 2 is 1.88 bits per heavy atom. The summed E-state index contributed by atoms with van der Waals surface area (Å²) in [5, 5.41) is 2.69. The second-order valence-corrected chi connectivity index (χ2v) is 6.91. The Balaban J connectivity index is 1.60. The van der Waals surface area contributed by atoms with Crippen LogP contribution in [-0.4, -0.2) is 19.3 Å². The van der Waals surface area contributed by atoms with Crippen molar-refractivity contribution >= 4 is 21.6 Å². The average molecular weight is 357 g/mol. The van der Waals surface area contributed by atoms with E-state index in [0.717, 1.165) is 5.56 Å². The van der Waals surface area contributed by atoms with Gasteiger partial charge in [0.25, 0.3) is 5.91 Å². The molecule has 25 heavy (non-hydrogen) atoms. The molecular weight excluding hydrogens is 342 g/mol. The van der Waals surface area contributed by atoms with Gasteiger partial charge in [-0.1, -0.05) is 12.1 Å². The maximum Gasteiger partial charge on any atom is 0.291 e. The number of carbonyl (C=O) groups is 1. The third-order valence-electron chi connectivity index (χ3n) is 3.37. The van der Waals surface area contributed by atoms with Crippen LogP contribution in [0, 0.1) is 0 Å². The highest BCUT2D eigenvalue weighted by Gasteiger charge is 2.13. The van der Waals surface area contributed by atoms with Crippen molar-refractivity contribution in [1.29, 1.82) is 0 Å². The van der Waals surface area contributed by atoms with Crippen LogP contribution in [0.2, 0.25) is 0 Å². The van der Waals surface area contributed by atoms with E-state index in [4.69, 9.17) is 4.42 Å². The molecule has 3 rings (SSSR count). The summed E-state index contributed by atoms with van der Waals surface area (Å²) in [6.45, 7) is 0.129. The first-order valence-corrected chi connectivity index (χ1v) is 8.86. The molecule has 0 saturated heterocycles. The number of aromatic nitrogens is 1. The fourth-order valence-electron chi connectivity index (χ4n) is 2.07. The maximum atomic E-state index is 12.1. The third-order valence-corrected chi connectivity index (χ3v) is 4.75. The van der Waals surface area contributed by atoms with Crippen LogP contribution in [0.1, 0.15) is 16.1 Å². The molecule has 1 aromatic carbocycles. The zero-order chi connectivity index (χ0) is 17.7. The van der Waals surface area contributed by atoms with Gasteiger partial charge in [-0.05, 0) is 42.0 Å². The van der Waals surface area contributed by atoms with Gasteiger partial charge in [-0.2, -0.15) is 0 Å². The standard InChI is InChI=1S/C17H15N3O4S/c21-17(16-4-2-10-24-16)20-14-7-5-13(6-8-14)11-19-25(22,23)15-3-1-9-18-12-15/h1-10,12,19H,11H2,(H,20,21). The average Bonchev–Trinajstić information content (AvgIpc) is 3.17. The number of amides is 1. The Labute approximate surface area is 144 Å². The summed E-state index contributed by atoms with van der Waals surface area (Å²) in [6, 6.07) is 13.1. The van der Waals surface area contributed by atoms with Crippen molar-refractivity contribution < 1.29 is 17.6 Å². The van der Waals surface area contributed by atoms with Gasteiger partial charge in [0.15, 0.2) is 5.76 Å². The van der Waals surface area contributed by atoms with E-state index in [1.165, 1.54) is 24.7 Å². The molecule has 0 atom stereocenters. The molecule has 0 spiro atoms. The van der Waals surface area contributed by atoms with Gasteiger partial charge in [0.05, 0.1) is 6.26 Å². The normalized spacial score (nSPS) is 11.2. The van der Waals surface area contributed by atoms with Crippen molar-refractivity contribution in [2.45, 2.75) is 11.4 Å². The van der Waals surface area contributed by atoms with Crippen LogP contribution in [0.4, 0.5) is 5.69 Å². The molecule has 2 aromatic heterocycles. The maximum absolute atomic E-state index is 12.1. The minimum Gasteiger partial charge on any atom is -0.459 e. The Bertz CT molecular complexity index is 937. The van der Waals surface area contributed by atoms with Crippen molar-refractivity contribution in [2.75, 3.05) is 5.32 Å². The fraction of sp³-hybridized carbons (Fsp3) is 0.0588. The lowest BCUT2D eigenvalue weighted by Crippen LogP contribution is -2.23. The van der Waals surface area contributed by atoms with Crippen LogP contribution >= 0.6 is 0 Å². The molecule has 0 radical (unpaired) electrons. The first kappa shape index (κ1) is 16.9. The number of hydrogen-bond donors (Lipinski definition) is 2. The molecule has 7 nitrogen and oxygen atoms in total. The minimum atomic E-state index is -3.61. The van der Waals surface area contributed by atoms with E-state index in [1.807, 2.05) is 0 Å². The monoisotopic (exact) mass is 357 g/mol. The lowest BCUT2D eigenvalue weighted by Gasteiger charge is -2.08. The van der Waals surface area contributed by atoms with Gasteiger partial charge in [-0.15, -0.1) is 0 Å². The van der Waals surface area contributed by atoms with Crippen LogP contribution < -0.4 is 10.0 Å². The number of furan rings is 1. The number of nitrogens with one attached hydrogen (secondary N) is 2. The highest BCUT2D eigenvalue weighted by Crippen LogP contribution is 2.13. The first-order valence-electron chi connectivity index (χ1n) is 7.38. The van der Waals surface area contributed by atoms with Crippen molar-refractivity contribution in [3.63, 3.8) is 0 Å². The van der Waals surface area contributed by atoms with Crippen LogP contribution in [0.15, 0.2) is 76.5 Å². The lowest BCUT2D eigenvalue weighted by molar-refractivity contribution is 0.0996. The Hall–Kier alpha value is -2.97. The molecular formula is C17H15N3O4S. The van der Waals surface area contributed by atoms with Crippen LogP contribution in [0.5, 0.6) is 0 Å². The van der Waals surface area contributed by atoms with Crippen molar-refractivity contribution in [1.82, 2.24) is 9.71 Å². The number of sulfonamides is 1. The molecule has 0 fully saturated rings. The smallest absolute Gasteiger partial charge is 0.291 e. The molecule has 0 bridgehead atoms. The molecule has 0 unspecified atom stereocenters. The Morgan fingerprint density at radius 3 is 2.52 bits per heavy atom. The Morgan fingerprint density at radius 1 is 1.08 bits per heavy atom. The number of anilines is 1. The number of hydrogen-bond acceptors (Lipinski definition) is 5. The molecule has 0 aliphatic heterocycles. The molecule has 2 N–H and O–H groups in total. The van der Waals surface area contributed by atoms with Gasteiger partial charge in [0.1, 0.15) is 4.90 Å². The van der Waals surface area contributed by atoms with Crippen LogP contribution in [0.3, 0.4) is 0 Å². The SMILES string of the molecule is O=C(Nc1ccc(CNS(=O)(=O)c2cccnc2)cc1)c1ccco1. The van der Waals surface area contributed by atoms with Gasteiger partial charge >= 0.3 is 0 Å². The zero-order valence-electron chi connectivity index (χ0n) is 13.0. The number of carbonyl (C=O) groups excluding carboxylic acids is 1. The topological polar surface area (TPSA) is 101 Å². The summed E-state index contributed by atoms with van der Waals surface area (Å²) in [4.78, 5) is 15.8. The fourth-order valence-corrected chi connectivity index (χ4v) is 3.05. The van der Waals surface area contributed by atoms with E-state index >= 15 is 0 Å². The van der Waals surface area contributed by atoms with E-state index in [0.29, 0.717) is 5.69 Å². The van der Waals surface area contributed by atoms with Crippen molar-refractivity contribution in [3.05, 3.63) is 78.5 Å². The predicted octanol–water partition coefficient (Wildman–Crippen LogP) is 2.41. The second-order valence-electron chi connectivity index (χ2n) is 5.14. The van der Waals surface area contributed by atoms with Crippen molar-refractivity contribution in [2.24, 2.45) is 0 Å². The number of rotatable bonds is 6. The van der Waals surface area contributed by atoms with Crippen LogP contribution in [-0.2, 0) is 16.6 Å². The number of nitrogens with zero attached hydrogens (tertiary/aromatic N) is 1. The molecule has 0 saturated carbocycles. The third kappa shape index (κ3) is 4.31. The largest absolute Gasteiger partial charge is 0.459 e. The van der Waals surface area contributed by atoms with Gasteiger partial charge in [-0.25, -0.2) is 13.1 Å². The first-order chi connectivity index (χ1) is 12.0. The van der Waals surface area contributed by atoms with Crippen molar-refractivity contribution in [3.8, 4) is 0 Å². The quantitative estimate of drug-likeness (QED) is 0.705. The van der Waals surface area contributed by atoms with Gasteiger partial charge in [0, 0.05) is 24.6 Å². The van der Waals surface area contributed by atoms with E-state index in [-0.39, 0.29) is 23.1 Å². The summed E-state index contributed by atoms with van der Waals surface area (Å²) >= 11 is 0. The molecule has 128 valence electrons. The summed E-state index contributed by atoms with van der Waals surface area (Å²) in [7, 11) is -3.61. The highest BCUT2D eigenvalue weighted by atomic mass is 32.2. The molecule has 1 amide bonds. The highest BCUT2D eigenvalue weighted by molar-refractivity contribution is 7.89. The summed E-state index contributed by atoms with van der Waals surface area (Å²) in [5.74, 6) is -0.136. The van der Waals surface area contributed by atoms with Gasteiger partial charge < -0.3 is 9.73 Å². The molecule has 3 aromatic rings. The molecule has 0 aliphatic carbocycles. The van der Waals surface area contributed by atoms with E-state index in [2.05, 4.69) is 15.0 Å². The second kappa shape index (κ2) is 7.29. The lowest BCUT2D eigenvalue weighted by atomic mass is 10.2. The number of pyridine rings is 1. The molecule has 8 heteroatoms.